The van der Waals surface area contributed by atoms with Crippen LogP contribution in [0.2, 0.25) is 0 Å². The summed E-state index contributed by atoms with van der Waals surface area (Å²) in [6.45, 7) is 1.47. The monoisotopic (exact) mass is 269 g/mol. The summed E-state index contributed by atoms with van der Waals surface area (Å²) in [5.41, 5.74) is 1.57. The molecule has 102 valence electrons. The maximum absolute atomic E-state index is 12.2. The summed E-state index contributed by atoms with van der Waals surface area (Å²) in [4.78, 5) is 12.2. The van der Waals surface area contributed by atoms with Crippen molar-refractivity contribution in [3.63, 3.8) is 0 Å². The van der Waals surface area contributed by atoms with Gasteiger partial charge in [-0.2, -0.15) is 0 Å². The molecule has 0 aromatic heterocycles. The van der Waals surface area contributed by atoms with Gasteiger partial charge in [0, 0.05) is 6.54 Å². The molecule has 4 heteroatoms. The van der Waals surface area contributed by atoms with Crippen molar-refractivity contribution in [3.8, 4) is 11.5 Å². The number of carbonyl (C=O) groups excluding carboxylic acids is 1. The standard InChI is InChI=1S/C16H15NO3/c18-16(17-11-12-5-2-1-3-6-12)13-7-4-8-14-15(13)20-10-9-19-14/h1-8H,9-11H2,(H,17,18). The maximum Gasteiger partial charge on any atom is 0.255 e. The summed E-state index contributed by atoms with van der Waals surface area (Å²) in [6.07, 6.45) is 0. The molecule has 2 aromatic carbocycles. The Kier molecular flexibility index (Phi) is 3.54. The highest BCUT2D eigenvalue weighted by atomic mass is 16.6. The Morgan fingerprint density at radius 2 is 1.80 bits per heavy atom. The lowest BCUT2D eigenvalue weighted by atomic mass is 10.1. The highest BCUT2D eigenvalue weighted by molar-refractivity contribution is 5.97. The fourth-order valence-corrected chi connectivity index (χ4v) is 2.13. The lowest BCUT2D eigenvalue weighted by molar-refractivity contribution is 0.0940. The minimum atomic E-state index is -0.156. The molecule has 1 N–H and O–H groups in total. The molecule has 1 aliphatic rings. The van der Waals surface area contributed by atoms with Gasteiger partial charge in [-0.15, -0.1) is 0 Å². The molecule has 1 aliphatic heterocycles. The molecule has 4 nitrogen and oxygen atoms in total. The van der Waals surface area contributed by atoms with Crippen LogP contribution in [0.5, 0.6) is 11.5 Å². The van der Waals surface area contributed by atoms with Crippen molar-refractivity contribution >= 4 is 5.91 Å². The van der Waals surface area contributed by atoms with Gasteiger partial charge in [-0.1, -0.05) is 36.4 Å². The summed E-state index contributed by atoms with van der Waals surface area (Å²) >= 11 is 0. The second-order valence-electron chi connectivity index (χ2n) is 4.50. The molecule has 0 spiro atoms. The van der Waals surface area contributed by atoms with Gasteiger partial charge in [-0.05, 0) is 17.7 Å². The van der Waals surface area contributed by atoms with E-state index >= 15 is 0 Å². The van der Waals surface area contributed by atoms with E-state index in [2.05, 4.69) is 5.32 Å². The molecule has 1 heterocycles. The fourth-order valence-electron chi connectivity index (χ4n) is 2.13. The average molecular weight is 269 g/mol. The lowest BCUT2D eigenvalue weighted by Crippen LogP contribution is -2.25. The Bertz CT molecular complexity index is 610. The Hall–Kier alpha value is -2.49. The van der Waals surface area contributed by atoms with Gasteiger partial charge >= 0.3 is 0 Å². The summed E-state index contributed by atoms with van der Waals surface area (Å²) in [5, 5.41) is 2.89. The van der Waals surface area contributed by atoms with Crippen LogP contribution in [0.4, 0.5) is 0 Å². The molecule has 0 bridgehead atoms. The Balaban J connectivity index is 1.74. The second-order valence-corrected chi connectivity index (χ2v) is 4.50. The smallest absolute Gasteiger partial charge is 0.255 e. The number of nitrogens with one attached hydrogen (secondary N) is 1. The molecule has 0 aliphatic carbocycles. The van der Waals surface area contributed by atoms with E-state index in [1.54, 1.807) is 12.1 Å². The predicted molar refractivity (Wildman–Crippen MR) is 75.0 cm³/mol. The molecule has 0 atom stereocenters. The molecule has 2 aromatic rings. The second kappa shape index (κ2) is 5.65. The van der Waals surface area contributed by atoms with Crippen LogP contribution in [0.25, 0.3) is 0 Å². The molecule has 20 heavy (non-hydrogen) atoms. The van der Waals surface area contributed by atoms with Crippen LogP contribution in [-0.4, -0.2) is 19.1 Å². The van der Waals surface area contributed by atoms with E-state index in [9.17, 15) is 4.79 Å². The number of hydrogen-bond acceptors (Lipinski definition) is 3. The molecule has 3 rings (SSSR count). The molecule has 0 saturated carbocycles. The van der Waals surface area contributed by atoms with E-state index in [0.29, 0.717) is 36.8 Å². The Morgan fingerprint density at radius 3 is 2.65 bits per heavy atom. The van der Waals surface area contributed by atoms with Crippen LogP contribution < -0.4 is 14.8 Å². The van der Waals surface area contributed by atoms with Crippen molar-refractivity contribution in [2.45, 2.75) is 6.54 Å². The van der Waals surface area contributed by atoms with Crippen molar-refractivity contribution in [1.82, 2.24) is 5.32 Å². The van der Waals surface area contributed by atoms with Crippen LogP contribution in [0.3, 0.4) is 0 Å². The van der Waals surface area contributed by atoms with Gasteiger partial charge in [0.1, 0.15) is 13.2 Å². The van der Waals surface area contributed by atoms with Crippen LogP contribution in [0.15, 0.2) is 48.5 Å². The maximum atomic E-state index is 12.2. The minimum absolute atomic E-state index is 0.156. The first-order valence-electron chi connectivity index (χ1n) is 6.55. The minimum Gasteiger partial charge on any atom is -0.486 e. The molecule has 0 fully saturated rings. The van der Waals surface area contributed by atoms with E-state index in [1.807, 2.05) is 36.4 Å². The third-order valence-electron chi connectivity index (χ3n) is 3.11. The predicted octanol–water partition coefficient (Wildman–Crippen LogP) is 2.39. The zero-order chi connectivity index (χ0) is 13.8. The fraction of sp³-hybridized carbons (Fsp3) is 0.188. The van der Waals surface area contributed by atoms with Crippen molar-refractivity contribution in [3.05, 3.63) is 59.7 Å². The van der Waals surface area contributed by atoms with Crippen molar-refractivity contribution in [2.75, 3.05) is 13.2 Å². The zero-order valence-electron chi connectivity index (χ0n) is 11.0. The summed E-state index contributed by atoms with van der Waals surface area (Å²) in [5.74, 6) is 1.00. The highest BCUT2D eigenvalue weighted by Gasteiger charge is 2.19. The number of benzene rings is 2. The van der Waals surface area contributed by atoms with Crippen LogP contribution in [0.1, 0.15) is 15.9 Å². The first-order chi connectivity index (χ1) is 9.84. The first-order valence-corrected chi connectivity index (χ1v) is 6.55. The molecule has 0 saturated heterocycles. The molecular formula is C16H15NO3. The van der Waals surface area contributed by atoms with Gasteiger partial charge in [0.05, 0.1) is 5.56 Å². The van der Waals surface area contributed by atoms with E-state index < -0.39 is 0 Å². The number of ether oxygens (including phenoxy) is 2. The van der Waals surface area contributed by atoms with Gasteiger partial charge in [0.15, 0.2) is 11.5 Å². The van der Waals surface area contributed by atoms with Crippen molar-refractivity contribution in [1.29, 1.82) is 0 Å². The zero-order valence-corrected chi connectivity index (χ0v) is 11.0. The molecule has 0 radical (unpaired) electrons. The summed E-state index contributed by atoms with van der Waals surface area (Å²) in [7, 11) is 0. The lowest BCUT2D eigenvalue weighted by Gasteiger charge is -2.20. The van der Waals surface area contributed by atoms with E-state index in [1.165, 1.54) is 0 Å². The Morgan fingerprint density at radius 1 is 1.00 bits per heavy atom. The third-order valence-corrected chi connectivity index (χ3v) is 3.11. The van der Waals surface area contributed by atoms with E-state index in [4.69, 9.17) is 9.47 Å². The number of hydrogen-bond donors (Lipinski definition) is 1. The van der Waals surface area contributed by atoms with E-state index in [-0.39, 0.29) is 5.91 Å². The van der Waals surface area contributed by atoms with Gasteiger partial charge in [0.2, 0.25) is 0 Å². The van der Waals surface area contributed by atoms with Gasteiger partial charge in [-0.3, -0.25) is 4.79 Å². The molecule has 1 amide bonds. The summed E-state index contributed by atoms with van der Waals surface area (Å²) in [6, 6.07) is 15.1. The van der Waals surface area contributed by atoms with Gasteiger partial charge < -0.3 is 14.8 Å². The van der Waals surface area contributed by atoms with Crippen molar-refractivity contribution in [2.24, 2.45) is 0 Å². The number of fused-ring (bicyclic) bond motifs is 1. The van der Waals surface area contributed by atoms with Crippen molar-refractivity contribution < 1.29 is 14.3 Å². The topological polar surface area (TPSA) is 47.6 Å². The normalized spacial score (nSPS) is 12.8. The van der Waals surface area contributed by atoms with Gasteiger partial charge in [-0.25, -0.2) is 0 Å². The van der Waals surface area contributed by atoms with Crippen LogP contribution >= 0.6 is 0 Å². The number of carbonyl (C=O) groups is 1. The average Bonchev–Trinajstić information content (AvgIpc) is 2.53. The largest absolute Gasteiger partial charge is 0.486 e. The number of para-hydroxylation sites is 1. The molecular weight excluding hydrogens is 254 g/mol. The first kappa shape index (κ1) is 12.5. The van der Waals surface area contributed by atoms with Gasteiger partial charge in [0.25, 0.3) is 5.91 Å². The highest BCUT2D eigenvalue weighted by Crippen LogP contribution is 2.33. The Labute approximate surface area is 117 Å². The summed E-state index contributed by atoms with van der Waals surface area (Å²) < 4.78 is 11.0. The SMILES string of the molecule is O=C(NCc1ccccc1)c1cccc2c1OCCO2. The van der Waals surface area contributed by atoms with Crippen LogP contribution in [0, 0.1) is 0 Å². The molecule has 0 unspecified atom stereocenters. The number of rotatable bonds is 3. The third kappa shape index (κ3) is 2.59. The van der Waals surface area contributed by atoms with Crippen LogP contribution in [-0.2, 0) is 6.54 Å². The quantitative estimate of drug-likeness (QED) is 0.930. The number of amides is 1. The van der Waals surface area contributed by atoms with E-state index in [0.717, 1.165) is 5.56 Å².